The third-order valence-corrected chi connectivity index (χ3v) is 4.02. The summed E-state index contributed by atoms with van der Waals surface area (Å²) in [7, 11) is 1.19. The van der Waals surface area contributed by atoms with E-state index in [0.29, 0.717) is 5.69 Å². The Morgan fingerprint density at radius 1 is 1.28 bits per heavy atom. The maximum atomic E-state index is 12.8. The number of fused-ring (bicyclic) bond motifs is 1. The maximum Gasteiger partial charge on any atom is 0.416 e. The average Bonchev–Trinajstić information content (AvgIpc) is 3.02. The number of alkyl halides is 3. The van der Waals surface area contributed by atoms with Crippen molar-refractivity contribution in [2.24, 2.45) is 0 Å². The molecule has 132 valence electrons. The first-order chi connectivity index (χ1) is 11.7. The van der Waals surface area contributed by atoms with E-state index in [1.54, 1.807) is 6.92 Å². The van der Waals surface area contributed by atoms with Gasteiger partial charge in [0.05, 0.1) is 24.9 Å². The van der Waals surface area contributed by atoms with Gasteiger partial charge < -0.3 is 9.64 Å². The molecule has 0 radical (unpaired) electrons. The molecule has 6 nitrogen and oxygen atoms in total. The van der Waals surface area contributed by atoms with Crippen LogP contribution in [0.15, 0.2) is 30.5 Å². The van der Waals surface area contributed by atoms with Crippen LogP contribution in [0, 0.1) is 0 Å². The lowest BCUT2D eigenvalue weighted by Crippen LogP contribution is -2.43. The van der Waals surface area contributed by atoms with Gasteiger partial charge in [-0.15, -0.1) is 0 Å². The van der Waals surface area contributed by atoms with Gasteiger partial charge in [0.1, 0.15) is 11.3 Å². The fraction of sp³-hybridized carbons (Fsp3) is 0.312. The monoisotopic (exact) mass is 353 g/mol. The first kappa shape index (κ1) is 17.0. The number of halogens is 3. The summed E-state index contributed by atoms with van der Waals surface area (Å²) >= 11 is 0. The van der Waals surface area contributed by atoms with Gasteiger partial charge in [-0.25, -0.2) is 4.79 Å². The number of carbonyl (C=O) groups excluding carboxylic acids is 2. The fourth-order valence-corrected chi connectivity index (χ4v) is 2.77. The second kappa shape index (κ2) is 5.91. The summed E-state index contributed by atoms with van der Waals surface area (Å²) in [6.45, 7) is 2.01. The van der Waals surface area contributed by atoms with Crippen molar-refractivity contribution in [1.29, 1.82) is 0 Å². The van der Waals surface area contributed by atoms with Crippen LogP contribution in [0.5, 0.6) is 0 Å². The van der Waals surface area contributed by atoms with Crippen molar-refractivity contribution in [3.8, 4) is 0 Å². The summed E-state index contributed by atoms with van der Waals surface area (Å²) < 4.78 is 44.2. The van der Waals surface area contributed by atoms with Crippen LogP contribution in [0.25, 0.3) is 0 Å². The van der Waals surface area contributed by atoms with Crippen molar-refractivity contribution in [3.63, 3.8) is 0 Å². The highest BCUT2D eigenvalue weighted by atomic mass is 19.4. The molecule has 3 rings (SSSR count). The normalized spacial score (nSPS) is 17.4. The second-order valence-corrected chi connectivity index (χ2v) is 5.65. The third kappa shape index (κ3) is 2.86. The lowest BCUT2D eigenvalue weighted by molar-refractivity contribution is -0.137. The minimum atomic E-state index is -4.45. The molecule has 0 bridgehead atoms. The van der Waals surface area contributed by atoms with Crippen LogP contribution in [0.1, 0.15) is 39.4 Å². The number of ether oxygens (including phenoxy) is 1. The van der Waals surface area contributed by atoms with Gasteiger partial charge in [0.25, 0.3) is 5.91 Å². The van der Waals surface area contributed by atoms with Gasteiger partial charge in [-0.2, -0.15) is 18.3 Å². The highest BCUT2D eigenvalue weighted by molar-refractivity contribution is 6.11. The zero-order chi connectivity index (χ0) is 18.4. The minimum absolute atomic E-state index is 0.0240. The summed E-state index contributed by atoms with van der Waals surface area (Å²) in [5.41, 5.74) is -0.399. The number of methoxy groups -OCH3 is 1. The molecular formula is C16H14F3N3O3. The Kier molecular flexibility index (Phi) is 4.02. The number of hydrogen-bond acceptors (Lipinski definition) is 4. The molecule has 1 aliphatic rings. The first-order valence-electron chi connectivity index (χ1n) is 7.39. The first-order valence-corrected chi connectivity index (χ1v) is 7.39. The van der Waals surface area contributed by atoms with Gasteiger partial charge in [0, 0.05) is 12.2 Å². The van der Waals surface area contributed by atoms with Gasteiger partial charge in [-0.1, -0.05) is 0 Å². The highest BCUT2D eigenvalue weighted by Crippen LogP contribution is 2.32. The van der Waals surface area contributed by atoms with E-state index in [1.165, 1.54) is 35.0 Å². The van der Waals surface area contributed by atoms with E-state index < -0.39 is 23.6 Å². The molecule has 1 aliphatic heterocycles. The van der Waals surface area contributed by atoms with Crippen molar-refractivity contribution in [2.75, 3.05) is 18.6 Å². The lowest BCUT2D eigenvalue weighted by Gasteiger charge is -2.32. The van der Waals surface area contributed by atoms with E-state index >= 15 is 0 Å². The van der Waals surface area contributed by atoms with Gasteiger partial charge in [0.15, 0.2) is 0 Å². The molecule has 0 saturated heterocycles. The van der Waals surface area contributed by atoms with Gasteiger partial charge in [0.2, 0.25) is 0 Å². The lowest BCUT2D eigenvalue weighted by atomic mass is 10.1. The zero-order valence-corrected chi connectivity index (χ0v) is 13.4. The van der Waals surface area contributed by atoms with Crippen LogP contribution in [0.2, 0.25) is 0 Å². The van der Waals surface area contributed by atoms with Crippen molar-refractivity contribution in [2.45, 2.75) is 19.1 Å². The van der Waals surface area contributed by atoms with Crippen molar-refractivity contribution in [1.82, 2.24) is 9.78 Å². The number of anilines is 1. The molecule has 1 aromatic carbocycles. The number of rotatable bonds is 2. The van der Waals surface area contributed by atoms with Crippen LogP contribution in [0.4, 0.5) is 18.9 Å². The van der Waals surface area contributed by atoms with Gasteiger partial charge in [-0.3, -0.25) is 9.48 Å². The molecule has 0 N–H and O–H groups in total. The summed E-state index contributed by atoms with van der Waals surface area (Å²) in [6.07, 6.45) is -3.19. The Labute approximate surface area is 140 Å². The summed E-state index contributed by atoms with van der Waals surface area (Å²) in [4.78, 5) is 25.9. The maximum absolute atomic E-state index is 12.8. The summed E-state index contributed by atoms with van der Waals surface area (Å²) in [5, 5.41) is 4.05. The standard InChI is InChI=1S/C16H14F3N3O3/c1-9-8-21(11-5-3-10(4-6-11)16(17,18)19)14(23)13-12(15(24)25-2)7-20-22(9)13/h3-7,9H,8H2,1-2H3. The Morgan fingerprint density at radius 2 is 1.92 bits per heavy atom. The van der Waals surface area contributed by atoms with Crippen molar-refractivity contribution < 1.29 is 27.5 Å². The quantitative estimate of drug-likeness (QED) is 0.779. The molecule has 0 fully saturated rings. The predicted molar refractivity (Wildman–Crippen MR) is 81.4 cm³/mol. The Bertz CT molecular complexity index is 827. The van der Waals surface area contributed by atoms with Crippen LogP contribution in [-0.4, -0.2) is 35.3 Å². The van der Waals surface area contributed by atoms with E-state index in [0.717, 1.165) is 12.1 Å². The van der Waals surface area contributed by atoms with Crippen molar-refractivity contribution >= 4 is 17.6 Å². The number of carbonyl (C=O) groups is 2. The molecule has 1 aromatic heterocycles. The summed E-state index contributed by atoms with van der Waals surface area (Å²) in [5.74, 6) is -1.22. The topological polar surface area (TPSA) is 64.4 Å². The predicted octanol–water partition coefficient (Wildman–Crippen LogP) is 2.91. The van der Waals surface area contributed by atoms with Gasteiger partial charge >= 0.3 is 12.1 Å². The summed E-state index contributed by atoms with van der Waals surface area (Å²) in [6, 6.07) is 4.04. The van der Waals surface area contributed by atoms with Crippen LogP contribution in [-0.2, 0) is 10.9 Å². The average molecular weight is 353 g/mol. The number of nitrogens with zero attached hydrogens (tertiary/aromatic N) is 3. The molecule has 25 heavy (non-hydrogen) atoms. The number of amides is 1. The Hall–Kier alpha value is -2.84. The number of benzene rings is 1. The SMILES string of the molecule is COC(=O)c1cnn2c1C(=O)N(c1ccc(C(F)(F)F)cc1)CC2C. The molecule has 0 saturated carbocycles. The second-order valence-electron chi connectivity index (χ2n) is 5.65. The van der Waals surface area contributed by atoms with Crippen LogP contribution < -0.4 is 4.90 Å². The van der Waals surface area contributed by atoms with E-state index in [2.05, 4.69) is 9.84 Å². The minimum Gasteiger partial charge on any atom is -0.465 e. The smallest absolute Gasteiger partial charge is 0.416 e. The molecule has 1 amide bonds. The molecule has 1 atom stereocenters. The van der Waals surface area contributed by atoms with E-state index in [4.69, 9.17) is 0 Å². The molecule has 1 unspecified atom stereocenters. The zero-order valence-electron chi connectivity index (χ0n) is 13.4. The van der Waals surface area contributed by atoms with E-state index in [1.807, 2.05) is 0 Å². The molecule has 2 aromatic rings. The molecule has 0 spiro atoms. The number of aromatic nitrogens is 2. The molecule has 2 heterocycles. The largest absolute Gasteiger partial charge is 0.465 e. The molecular weight excluding hydrogens is 339 g/mol. The Morgan fingerprint density at radius 3 is 2.48 bits per heavy atom. The van der Waals surface area contributed by atoms with Crippen LogP contribution >= 0.6 is 0 Å². The van der Waals surface area contributed by atoms with Crippen molar-refractivity contribution in [3.05, 3.63) is 47.3 Å². The van der Waals surface area contributed by atoms with E-state index in [9.17, 15) is 22.8 Å². The van der Waals surface area contributed by atoms with E-state index in [-0.39, 0.29) is 23.8 Å². The molecule has 9 heteroatoms. The Balaban J connectivity index is 1.99. The highest BCUT2D eigenvalue weighted by Gasteiger charge is 2.36. The van der Waals surface area contributed by atoms with Gasteiger partial charge in [-0.05, 0) is 31.2 Å². The number of hydrogen-bond donors (Lipinski definition) is 0. The van der Waals surface area contributed by atoms with Crippen LogP contribution in [0.3, 0.4) is 0 Å². The third-order valence-electron chi connectivity index (χ3n) is 4.02. The number of esters is 1. The molecule has 0 aliphatic carbocycles. The fourth-order valence-electron chi connectivity index (χ4n) is 2.77.